The van der Waals surface area contributed by atoms with Gasteiger partial charge in [0.2, 0.25) is 0 Å². The normalized spacial score (nSPS) is 27.4. The summed E-state index contributed by atoms with van der Waals surface area (Å²) in [6.07, 6.45) is 5.21. The molecule has 0 radical (unpaired) electrons. The van der Waals surface area contributed by atoms with Crippen molar-refractivity contribution in [2.75, 3.05) is 12.4 Å². The van der Waals surface area contributed by atoms with Gasteiger partial charge in [-0.3, -0.25) is 0 Å². The minimum absolute atomic E-state index is 0.196. The van der Waals surface area contributed by atoms with E-state index in [0.717, 1.165) is 22.7 Å². The zero-order chi connectivity index (χ0) is 13.6. The van der Waals surface area contributed by atoms with Crippen LogP contribution in [0.3, 0.4) is 0 Å². The number of aryl methyl sites for hydroxylation is 1. The molecule has 1 aromatic rings. The maximum absolute atomic E-state index is 12.0. The van der Waals surface area contributed by atoms with E-state index in [-0.39, 0.29) is 23.8 Å². The Hall–Kier alpha value is -1.48. The number of carbonyl (C=O) groups excluding carboxylic acids is 1. The highest BCUT2D eigenvalue weighted by Crippen LogP contribution is 2.46. The van der Waals surface area contributed by atoms with Crippen LogP contribution in [0.5, 0.6) is 0 Å². The molecular weight excluding hydrogens is 262 g/mol. The molecule has 1 N–H and O–H groups in total. The smallest absolute Gasteiger partial charge is 0.328 e. The molecule has 0 bridgehead atoms. The fraction of sp³-hybridized carbons (Fsp3) is 0.400. The van der Waals surface area contributed by atoms with Gasteiger partial charge in [-0.2, -0.15) is 0 Å². The van der Waals surface area contributed by atoms with Gasteiger partial charge in [0, 0.05) is 22.5 Å². The topological polar surface area (TPSA) is 38.3 Å². The summed E-state index contributed by atoms with van der Waals surface area (Å²) < 4.78 is 4.92. The molecule has 2 aliphatic rings. The van der Waals surface area contributed by atoms with Crippen molar-refractivity contribution in [2.45, 2.75) is 25.3 Å². The number of anilines is 1. The standard InChI is InChI=1S/C15H16ClNO2/c1-8-6-9(16)7-12-10-4-3-5-11(10)14(15(18)19-2)17-13(8)12/h3-4,6-7,10-11,14,17H,5H2,1-2H3/t10-,11+,14-/m1/s1. The molecule has 0 unspecified atom stereocenters. The van der Waals surface area contributed by atoms with Crippen LogP contribution in [0.15, 0.2) is 24.3 Å². The minimum atomic E-state index is -0.280. The van der Waals surface area contributed by atoms with Crippen molar-refractivity contribution in [3.8, 4) is 0 Å². The quantitative estimate of drug-likeness (QED) is 0.632. The highest BCUT2D eigenvalue weighted by molar-refractivity contribution is 6.30. The van der Waals surface area contributed by atoms with Gasteiger partial charge >= 0.3 is 5.97 Å². The van der Waals surface area contributed by atoms with Crippen LogP contribution in [0, 0.1) is 12.8 Å². The first-order valence-corrected chi connectivity index (χ1v) is 6.80. The third-order valence-electron chi connectivity index (χ3n) is 4.09. The molecule has 0 amide bonds. The molecular formula is C15H16ClNO2. The minimum Gasteiger partial charge on any atom is -0.467 e. The van der Waals surface area contributed by atoms with Gasteiger partial charge in [-0.1, -0.05) is 23.8 Å². The number of rotatable bonds is 1. The Morgan fingerprint density at radius 2 is 2.26 bits per heavy atom. The van der Waals surface area contributed by atoms with E-state index in [1.54, 1.807) is 0 Å². The number of fused-ring (bicyclic) bond motifs is 3. The van der Waals surface area contributed by atoms with Gasteiger partial charge in [0.1, 0.15) is 6.04 Å². The van der Waals surface area contributed by atoms with Crippen molar-refractivity contribution in [3.05, 3.63) is 40.4 Å². The van der Waals surface area contributed by atoms with Gasteiger partial charge in [0.05, 0.1) is 7.11 Å². The number of ether oxygens (including phenoxy) is 1. The summed E-state index contributed by atoms with van der Waals surface area (Å²) in [5.41, 5.74) is 3.27. The molecule has 1 aliphatic carbocycles. The molecule has 3 atom stereocenters. The maximum Gasteiger partial charge on any atom is 0.328 e. The highest BCUT2D eigenvalue weighted by Gasteiger charge is 2.41. The second kappa shape index (κ2) is 4.57. The van der Waals surface area contributed by atoms with Crippen LogP contribution in [-0.4, -0.2) is 19.1 Å². The van der Waals surface area contributed by atoms with E-state index < -0.39 is 0 Å². The predicted molar refractivity (Wildman–Crippen MR) is 75.6 cm³/mol. The van der Waals surface area contributed by atoms with Crippen molar-refractivity contribution in [1.29, 1.82) is 0 Å². The van der Waals surface area contributed by atoms with Crippen molar-refractivity contribution < 1.29 is 9.53 Å². The molecule has 19 heavy (non-hydrogen) atoms. The first-order chi connectivity index (χ1) is 9.11. The zero-order valence-corrected chi connectivity index (χ0v) is 11.7. The lowest BCUT2D eigenvalue weighted by molar-refractivity contribution is -0.142. The molecule has 1 heterocycles. The second-order valence-corrected chi connectivity index (χ2v) is 5.62. The molecule has 3 rings (SSSR count). The Kier molecular flexibility index (Phi) is 3.02. The summed E-state index contributed by atoms with van der Waals surface area (Å²) in [7, 11) is 1.44. The van der Waals surface area contributed by atoms with Crippen LogP contribution in [-0.2, 0) is 9.53 Å². The summed E-state index contributed by atoms with van der Waals surface area (Å²) in [5.74, 6) is 0.272. The van der Waals surface area contributed by atoms with Crippen LogP contribution >= 0.6 is 11.6 Å². The van der Waals surface area contributed by atoms with Crippen LogP contribution in [0.2, 0.25) is 5.02 Å². The number of benzene rings is 1. The van der Waals surface area contributed by atoms with E-state index in [1.807, 2.05) is 19.1 Å². The van der Waals surface area contributed by atoms with Crippen LogP contribution in [0.25, 0.3) is 0 Å². The van der Waals surface area contributed by atoms with Gasteiger partial charge < -0.3 is 10.1 Å². The van der Waals surface area contributed by atoms with Gasteiger partial charge in [-0.05, 0) is 36.6 Å². The van der Waals surface area contributed by atoms with E-state index in [4.69, 9.17) is 16.3 Å². The third-order valence-corrected chi connectivity index (χ3v) is 4.30. The van der Waals surface area contributed by atoms with Gasteiger partial charge in [-0.15, -0.1) is 0 Å². The summed E-state index contributed by atoms with van der Waals surface area (Å²) in [6.45, 7) is 2.01. The molecule has 100 valence electrons. The van der Waals surface area contributed by atoms with E-state index in [9.17, 15) is 4.79 Å². The average Bonchev–Trinajstić information content (AvgIpc) is 2.86. The summed E-state index contributed by atoms with van der Waals surface area (Å²) >= 11 is 6.16. The third kappa shape index (κ3) is 1.93. The molecule has 0 aromatic heterocycles. The van der Waals surface area contributed by atoms with Gasteiger partial charge in [-0.25, -0.2) is 4.79 Å². The average molecular weight is 278 g/mol. The predicted octanol–water partition coefficient (Wildman–Crippen LogP) is 3.28. The fourth-order valence-electron chi connectivity index (χ4n) is 3.20. The number of hydrogen-bond donors (Lipinski definition) is 1. The number of esters is 1. The van der Waals surface area contributed by atoms with Crippen molar-refractivity contribution >= 4 is 23.3 Å². The van der Waals surface area contributed by atoms with E-state index in [0.29, 0.717) is 0 Å². The van der Waals surface area contributed by atoms with Gasteiger partial charge in [0.15, 0.2) is 0 Å². The number of allylic oxidation sites excluding steroid dienone is 2. The molecule has 0 spiro atoms. The molecule has 3 nitrogen and oxygen atoms in total. The SMILES string of the molecule is COC(=O)[C@@H]1Nc2c(C)cc(Cl)cc2[C@@H]2C=CC[C@H]12. The lowest BCUT2D eigenvalue weighted by atomic mass is 9.78. The van der Waals surface area contributed by atoms with E-state index >= 15 is 0 Å². The molecule has 1 aromatic carbocycles. The summed E-state index contributed by atoms with van der Waals surface area (Å²) in [6, 6.07) is 3.63. The lowest BCUT2D eigenvalue weighted by Gasteiger charge is -2.36. The largest absolute Gasteiger partial charge is 0.467 e. The fourth-order valence-corrected chi connectivity index (χ4v) is 3.48. The number of hydrogen-bond acceptors (Lipinski definition) is 3. The van der Waals surface area contributed by atoms with Crippen molar-refractivity contribution in [2.24, 2.45) is 5.92 Å². The number of nitrogens with one attached hydrogen (secondary N) is 1. The second-order valence-electron chi connectivity index (χ2n) is 5.19. The number of carbonyl (C=O) groups is 1. The molecule has 0 fully saturated rings. The highest BCUT2D eigenvalue weighted by atomic mass is 35.5. The molecule has 4 heteroatoms. The molecule has 0 saturated heterocycles. The molecule has 1 aliphatic heterocycles. The van der Waals surface area contributed by atoms with Crippen molar-refractivity contribution in [3.63, 3.8) is 0 Å². The zero-order valence-electron chi connectivity index (χ0n) is 10.9. The Labute approximate surface area is 117 Å². The number of methoxy groups -OCH3 is 1. The van der Waals surface area contributed by atoms with Crippen LogP contribution in [0.4, 0.5) is 5.69 Å². The Bertz CT molecular complexity index is 568. The number of halogens is 1. The lowest BCUT2D eigenvalue weighted by Crippen LogP contribution is -2.42. The van der Waals surface area contributed by atoms with Gasteiger partial charge in [0.25, 0.3) is 0 Å². The first-order valence-electron chi connectivity index (χ1n) is 6.43. The van der Waals surface area contributed by atoms with E-state index in [1.165, 1.54) is 12.7 Å². The molecule has 0 saturated carbocycles. The van der Waals surface area contributed by atoms with Crippen molar-refractivity contribution in [1.82, 2.24) is 0 Å². The monoisotopic (exact) mass is 277 g/mol. The Morgan fingerprint density at radius 3 is 3.00 bits per heavy atom. The Balaban J connectivity index is 2.10. The first kappa shape index (κ1) is 12.5. The maximum atomic E-state index is 12.0. The summed E-state index contributed by atoms with van der Waals surface area (Å²) in [4.78, 5) is 12.0. The van der Waals surface area contributed by atoms with E-state index in [2.05, 4.69) is 17.5 Å². The van der Waals surface area contributed by atoms with Crippen LogP contribution in [0.1, 0.15) is 23.5 Å². The van der Waals surface area contributed by atoms with Crippen LogP contribution < -0.4 is 5.32 Å². The summed E-state index contributed by atoms with van der Waals surface area (Å²) in [5, 5.41) is 4.09. The Morgan fingerprint density at radius 1 is 1.47 bits per heavy atom.